The SMILES string of the molecule is COc1cc(OC)c(NC(=O)NCCc2ccccc2OC)cc1Cl. The summed E-state index contributed by atoms with van der Waals surface area (Å²) in [4.78, 5) is 12.1. The number of methoxy groups -OCH3 is 3. The van der Waals surface area contributed by atoms with Gasteiger partial charge in [0.2, 0.25) is 0 Å². The zero-order valence-corrected chi connectivity index (χ0v) is 15.1. The van der Waals surface area contributed by atoms with Crippen molar-refractivity contribution in [2.45, 2.75) is 6.42 Å². The van der Waals surface area contributed by atoms with E-state index in [2.05, 4.69) is 10.6 Å². The van der Waals surface area contributed by atoms with Gasteiger partial charge < -0.3 is 24.8 Å². The van der Waals surface area contributed by atoms with Gasteiger partial charge in [0.15, 0.2) is 0 Å². The van der Waals surface area contributed by atoms with Gasteiger partial charge in [-0.3, -0.25) is 0 Å². The van der Waals surface area contributed by atoms with Crippen molar-refractivity contribution in [2.75, 3.05) is 33.2 Å². The number of anilines is 1. The molecule has 25 heavy (non-hydrogen) atoms. The van der Waals surface area contributed by atoms with Crippen LogP contribution in [0, 0.1) is 0 Å². The molecular weight excluding hydrogens is 344 g/mol. The second kappa shape index (κ2) is 9.03. The molecule has 0 aromatic heterocycles. The molecule has 134 valence electrons. The number of halogens is 1. The molecule has 0 aliphatic carbocycles. The van der Waals surface area contributed by atoms with Gasteiger partial charge in [-0.1, -0.05) is 29.8 Å². The van der Waals surface area contributed by atoms with E-state index in [-0.39, 0.29) is 6.03 Å². The van der Waals surface area contributed by atoms with Crippen LogP contribution < -0.4 is 24.8 Å². The molecule has 2 aromatic carbocycles. The van der Waals surface area contributed by atoms with Gasteiger partial charge in [0.05, 0.1) is 32.0 Å². The number of nitrogens with one attached hydrogen (secondary N) is 2. The lowest BCUT2D eigenvalue weighted by Crippen LogP contribution is -2.30. The van der Waals surface area contributed by atoms with E-state index in [9.17, 15) is 4.79 Å². The Kier molecular flexibility index (Phi) is 6.77. The summed E-state index contributed by atoms with van der Waals surface area (Å²) in [7, 11) is 4.64. The first-order chi connectivity index (χ1) is 12.1. The summed E-state index contributed by atoms with van der Waals surface area (Å²) in [5.74, 6) is 1.73. The van der Waals surface area contributed by atoms with E-state index in [1.807, 2.05) is 24.3 Å². The first kappa shape index (κ1) is 18.7. The first-order valence-corrected chi connectivity index (χ1v) is 8.05. The number of benzene rings is 2. The summed E-state index contributed by atoms with van der Waals surface area (Å²) in [5, 5.41) is 5.90. The van der Waals surface area contributed by atoms with Crippen LogP contribution in [0.1, 0.15) is 5.56 Å². The lowest BCUT2D eigenvalue weighted by atomic mass is 10.1. The molecular formula is C18H21ClN2O4. The van der Waals surface area contributed by atoms with Crippen LogP contribution in [0.25, 0.3) is 0 Å². The average Bonchev–Trinajstić information content (AvgIpc) is 2.62. The quantitative estimate of drug-likeness (QED) is 0.785. The summed E-state index contributed by atoms with van der Waals surface area (Å²) >= 11 is 6.09. The van der Waals surface area contributed by atoms with E-state index in [1.54, 1.807) is 19.2 Å². The molecule has 0 heterocycles. The summed E-state index contributed by atoms with van der Waals surface area (Å²) in [6.45, 7) is 0.457. The lowest BCUT2D eigenvalue weighted by Gasteiger charge is -2.14. The predicted molar refractivity (Wildman–Crippen MR) is 98.3 cm³/mol. The summed E-state index contributed by atoms with van der Waals surface area (Å²) in [6.07, 6.45) is 0.651. The molecule has 0 atom stereocenters. The molecule has 2 rings (SSSR count). The van der Waals surface area contributed by atoms with Crippen molar-refractivity contribution < 1.29 is 19.0 Å². The average molecular weight is 365 g/mol. The number of ether oxygens (including phenoxy) is 3. The van der Waals surface area contributed by atoms with Gasteiger partial charge in [-0.25, -0.2) is 4.79 Å². The van der Waals surface area contributed by atoms with E-state index in [0.717, 1.165) is 11.3 Å². The molecule has 0 fully saturated rings. The Labute approximate surface area is 152 Å². The smallest absolute Gasteiger partial charge is 0.319 e. The molecule has 0 spiro atoms. The second-order valence-electron chi connectivity index (χ2n) is 5.13. The van der Waals surface area contributed by atoms with Crippen molar-refractivity contribution in [1.29, 1.82) is 0 Å². The topological polar surface area (TPSA) is 68.8 Å². The van der Waals surface area contributed by atoms with E-state index in [0.29, 0.717) is 35.2 Å². The van der Waals surface area contributed by atoms with Gasteiger partial charge in [-0.2, -0.15) is 0 Å². The fourth-order valence-corrected chi connectivity index (χ4v) is 2.59. The number of para-hydroxylation sites is 1. The van der Waals surface area contributed by atoms with Crippen molar-refractivity contribution in [3.05, 3.63) is 47.0 Å². The predicted octanol–water partition coefficient (Wildman–Crippen LogP) is 3.73. The Morgan fingerprint density at radius 1 is 1.00 bits per heavy atom. The van der Waals surface area contributed by atoms with Crippen molar-refractivity contribution in [2.24, 2.45) is 0 Å². The molecule has 2 amide bonds. The van der Waals surface area contributed by atoms with Crippen LogP contribution in [0.3, 0.4) is 0 Å². The van der Waals surface area contributed by atoms with E-state index < -0.39 is 0 Å². The third kappa shape index (κ3) is 4.93. The van der Waals surface area contributed by atoms with Crippen molar-refractivity contribution in [3.63, 3.8) is 0 Å². The second-order valence-corrected chi connectivity index (χ2v) is 5.54. The molecule has 2 aromatic rings. The van der Waals surface area contributed by atoms with Crippen LogP contribution in [-0.2, 0) is 6.42 Å². The number of carbonyl (C=O) groups excluding carboxylic acids is 1. The molecule has 0 bridgehead atoms. The lowest BCUT2D eigenvalue weighted by molar-refractivity contribution is 0.252. The van der Waals surface area contributed by atoms with Gasteiger partial charge in [-0.05, 0) is 24.1 Å². The number of amides is 2. The van der Waals surface area contributed by atoms with Crippen molar-refractivity contribution in [3.8, 4) is 17.2 Å². The van der Waals surface area contributed by atoms with Crippen LogP contribution in [0.15, 0.2) is 36.4 Å². The van der Waals surface area contributed by atoms with Crippen LogP contribution in [0.4, 0.5) is 10.5 Å². The highest BCUT2D eigenvalue weighted by atomic mass is 35.5. The summed E-state index contributed by atoms with van der Waals surface area (Å²) < 4.78 is 15.7. The highest BCUT2D eigenvalue weighted by Crippen LogP contribution is 2.35. The van der Waals surface area contributed by atoms with Gasteiger partial charge in [0, 0.05) is 12.6 Å². The number of rotatable bonds is 7. The Hall–Kier alpha value is -2.60. The first-order valence-electron chi connectivity index (χ1n) is 7.67. The number of carbonyl (C=O) groups is 1. The normalized spacial score (nSPS) is 10.1. The minimum atomic E-state index is -0.352. The number of hydrogen-bond acceptors (Lipinski definition) is 4. The van der Waals surface area contributed by atoms with Crippen molar-refractivity contribution in [1.82, 2.24) is 5.32 Å². The molecule has 0 aliphatic rings. The third-order valence-corrected chi connectivity index (χ3v) is 3.89. The number of urea groups is 1. The maximum Gasteiger partial charge on any atom is 0.319 e. The summed E-state index contributed by atoms with van der Waals surface area (Å²) in [5.41, 5.74) is 1.48. The number of hydrogen-bond donors (Lipinski definition) is 2. The molecule has 0 unspecified atom stereocenters. The van der Waals surface area contributed by atoms with Gasteiger partial charge in [-0.15, -0.1) is 0 Å². The van der Waals surface area contributed by atoms with E-state index in [1.165, 1.54) is 14.2 Å². The molecule has 6 nitrogen and oxygen atoms in total. The van der Waals surface area contributed by atoms with Crippen LogP contribution in [-0.4, -0.2) is 33.9 Å². The Morgan fingerprint density at radius 2 is 1.68 bits per heavy atom. The molecule has 0 saturated carbocycles. The van der Waals surface area contributed by atoms with Gasteiger partial charge in [0.1, 0.15) is 17.2 Å². The fraction of sp³-hybridized carbons (Fsp3) is 0.278. The highest BCUT2D eigenvalue weighted by Gasteiger charge is 2.12. The van der Waals surface area contributed by atoms with Crippen LogP contribution in [0.5, 0.6) is 17.2 Å². The Morgan fingerprint density at radius 3 is 2.36 bits per heavy atom. The largest absolute Gasteiger partial charge is 0.496 e. The molecule has 7 heteroatoms. The van der Waals surface area contributed by atoms with E-state index >= 15 is 0 Å². The minimum absolute atomic E-state index is 0.352. The maximum atomic E-state index is 12.1. The minimum Gasteiger partial charge on any atom is -0.496 e. The van der Waals surface area contributed by atoms with Crippen molar-refractivity contribution >= 4 is 23.3 Å². The maximum absolute atomic E-state index is 12.1. The standard InChI is InChI=1S/C18H21ClN2O4/c1-23-15-7-5-4-6-12(15)8-9-20-18(22)21-14-10-13(19)16(24-2)11-17(14)25-3/h4-7,10-11H,8-9H2,1-3H3,(H2,20,21,22). The molecule has 0 aliphatic heterocycles. The van der Waals surface area contributed by atoms with Gasteiger partial charge >= 0.3 is 6.03 Å². The third-order valence-electron chi connectivity index (χ3n) is 3.59. The Bertz CT molecular complexity index is 737. The Balaban J connectivity index is 1.95. The van der Waals surface area contributed by atoms with E-state index in [4.69, 9.17) is 25.8 Å². The molecule has 2 N–H and O–H groups in total. The van der Waals surface area contributed by atoms with Gasteiger partial charge in [0.25, 0.3) is 0 Å². The van der Waals surface area contributed by atoms with Crippen LogP contribution in [0.2, 0.25) is 5.02 Å². The molecule has 0 radical (unpaired) electrons. The molecule has 0 saturated heterocycles. The monoisotopic (exact) mass is 364 g/mol. The zero-order valence-electron chi connectivity index (χ0n) is 14.4. The fourth-order valence-electron chi connectivity index (χ4n) is 2.34. The van der Waals surface area contributed by atoms with Crippen LogP contribution >= 0.6 is 11.6 Å². The highest BCUT2D eigenvalue weighted by molar-refractivity contribution is 6.32. The zero-order chi connectivity index (χ0) is 18.2. The summed E-state index contributed by atoms with van der Waals surface area (Å²) in [6, 6.07) is 10.5.